The maximum Gasteiger partial charge on any atom is 0.0220 e. The highest BCUT2D eigenvalue weighted by atomic mass is 15.2. The summed E-state index contributed by atoms with van der Waals surface area (Å²) in [6.07, 6.45) is 6.93. The number of hydrogen-bond donors (Lipinski definition) is 1. The van der Waals surface area contributed by atoms with E-state index in [9.17, 15) is 0 Å². The summed E-state index contributed by atoms with van der Waals surface area (Å²) in [5.41, 5.74) is 0.251. The molecule has 1 fully saturated rings. The van der Waals surface area contributed by atoms with Crippen LogP contribution in [0.15, 0.2) is 0 Å². The minimum Gasteiger partial charge on any atom is -0.311 e. The maximum atomic E-state index is 3.68. The van der Waals surface area contributed by atoms with Crippen LogP contribution in [0.1, 0.15) is 66.7 Å². The van der Waals surface area contributed by atoms with E-state index in [0.717, 1.165) is 18.5 Å². The summed E-state index contributed by atoms with van der Waals surface area (Å²) in [5, 5.41) is 3.68. The van der Waals surface area contributed by atoms with Crippen molar-refractivity contribution in [3.05, 3.63) is 0 Å². The summed E-state index contributed by atoms with van der Waals surface area (Å²) < 4.78 is 0. The Kier molecular flexibility index (Phi) is 6.65. The van der Waals surface area contributed by atoms with Crippen molar-refractivity contribution in [3.8, 4) is 0 Å². The standard InChI is InChI=1S/C16H34N2/c1-14(2)9-8-12-18-11-7-6-10-15(18)13-17-16(3,4)5/h14-15,17H,6-13H2,1-5H3. The Morgan fingerprint density at radius 3 is 2.56 bits per heavy atom. The van der Waals surface area contributed by atoms with Crippen LogP contribution in [0, 0.1) is 5.92 Å². The average Bonchev–Trinajstić information content (AvgIpc) is 2.26. The molecular formula is C16H34N2. The normalized spacial score (nSPS) is 22.7. The Morgan fingerprint density at radius 2 is 1.94 bits per heavy atom. The molecule has 108 valence electrons. The Labute approximate surface area is 115 Å². The minimum absolute atomic E-state index is 0.251. The molecule has 1 aliphatic heterocycles. The van der Waals surface area contributed by atoms with Gasteiger partial charge in [0.25, 0.3) is 0 Å². The number of piperidine rings is 1. The smallest absolute Gasteiger partial charge is 0.0220 e. The zero-order chi connectivity index (χ0) is 13.6. The fourth-order valence-corrected chi connectivity index (χ4v) is 2.71. The third-order valence-corrected chi connectivity index (χ3v) is 3.84. The quantitative estimate of drug-likeness (QED) is 0.778. The van der Waals surface area contributed by atoms with Crippen LogP contribution in [0.2, 0.25) is 0 Å². The van der Waals surface area contributed by atoms with Gasteiger partial charge >= 0.3 is 0 Å². The number of likely N-dealkylation sites (tertiary alicyclic amines) is 1. The highest BCUT2D eigenvalue weighted by Crippen LogP contribution is 2.18. The van der Waals surface area contributed by atoms with Crippen LogP contribution < -0.4 is 5.32 Å². The first-order valence-corrected chi connectivity index (χ1v) is 7.87. The molecule has 2 nitrogen and oxygen atoms in total. The highest BCUT2D eigenvalue weighted by Gasteiger charge is 2.23. The van der Waals surface area contributed by atoms with Crippen LogP contribution in [0.5, 0.6) is 0 Å². The second-order valence-electron chi connectivity index (χ2n) is 7.35. The van der Waals surface area contributed by atoms with Gasteiger partial charge in [-0.2, -0.15) is 0 Å². The molecule has 0 amide bonds. The Balaban J connectivity index is 2.32. The van der Waals surface area contributed by atoms with E-state index in [1.54, 1.807) is 0 Å². The van der Waals surface area contributed by atoms with Gasteiger partial charge in [0.1, 0.15) is 0 Å². The molecule has 18 heavy (non-hydrogen) atoms. The molecule has 2 heteroatoms. The molecular weight excluding hydrogens is 220 g/mol. The summed E-state index contributed by atoms with van der Waals surface area (Å²) >= 11 is 0. The fraction of sp³-hybridized carbons (Fsp3) is 1.00. The van der Waals surface area contributed by atoms with Crippen molar-refractivity contribution < 1.29 is 0 Å². The van der Waals surface area contributed by atoms with Gasteiger partial charge in [-0.25, -0.2) is 0 Å². The van der Waals surface area contributed by atoms with E-state index in [-0.39, 0.29) is 5.54 Å². The molecule has 1 N–H and O–H groups in total. The Morgan fingerprint density at radius 1 is 1.22 bits per heavy atom. The molecule has 0 aromatic rings. The molecule has 0 spiro atoms. The molecule has 0 aromatic carbocycles. The lowest BCUT2D eigenvalue weighted by molar-refractivity contribution is 0.135. The maximum absolute atomic E-state index is 3.68. The van der Waals surface area contributed by atoms with Crippen molar-refractivity contribution in [3.63, 3.8) is 0 Å². The molecule has 1 saturated heterocycles. The van der Waals surface area contributed by atoms with Gasteiger partial charge in [0.15, 0.2) is 0 Å². The van der Waals surface area contributed by atoms with Crippen molar-refractivity contribution in [2.24, 2.45) is 5.92 Å². The lowest BCUT2D eigenvalue weighted by Crippen LogP contribution is -2.49. The van der Waals surface area contributed by atoms with Crippen LogP contribution in [-0.2, 0) is 0 Å². The minimum atomic E-state index is 0.251. The van der Waals surface area contributed by atoms with Gasteiger partial charge in [-0.3, -0.25) is 4.90 Å². The zero-order valence-corrected chi connectivity index (χ0v) is 13.3. The van der Waals surface area contributed by atoms with E-state index in [2.05, 4.69) is 44.8 Å². The van der Waals surface area contributed by atoms with Gasteiger partial charge < -0.3 is 5.32 Å². The molecule has 1 heterocycles. The molecule has 1 atom stereocenters. The van der Waals surface area contributed by atoms with Crippen molar-refractivity contribution in [2.75, 3.05) is 19.6 Å². The van der Waals surface area contributed by atoms with Gasteiger partial charge in [0.05, 0.1) is 0 Å². The second kappa shape index (κ2) is 7.49. The molecule has 1 unspecified atom stereocenters. The van der Waals surface area contributed by atoms with E-state index in [4.69, 9.17) is 0 Å². The largest absolute Gasteiger partial charge is 0.311 e. The van der Waals surface area contributed by atoms with Gasteiger partial charge in [0, 0.05) is 18.1 Å². The van der Waals surface area contributed by atoms with Gasteiger partial charge in [-0.05, 0) is 65.5 Å². The van der Waals surface area contributed by atoms with E-state index in [0.29, 0.717) is 0 Å². The highest BCUT2D eigenvalue weighted by molar-refractivity contribution is 4.82. The van der Waals surface area contributed by atoms with Crippen molar-refractivity contribution >= 4 is 0 Å². The topological polar surface area (TPSA) is 15.3 Å². The van der Waals surface area contributed by atoms with Gasteiger partial charge in [-0.1, -0.05) is 20.3 Å². The second-order valence-corrected chi connectivity index (χ2v) is 7.35. The monoisotopic (exact) mass is 254 g/mol. The van der Waals surface area contributed by atoms with E-state index < -0.39 is 0 Å². The molecule has 1 rings (SSSR count). The van der Waals surface area contributed by atoms with E-state index in [1.807, 2.05) is 0 Å². The van der Waals surface area contributed by atoms with E-state index >= 15 is 0 Å². The van der Waals surface area contributed by atoms with Crippen LogP contribution in [0.4, 0.5) is 0 Å². The summed E-state index contributed by atoms with van der Waals surface area (Å²) in [4.78, 5) is 2.73. The van der Waals surface area contributed by atoms with Crippen molar-refractivity contribution in [2.45, 2.75) is 78.3 Å². The summed E-state index contributed by atoms with van der Waals surface area (Å²) in [7, 11) is 0. The van der Waals surface area contributed by atoms with Gasteiger partial charge in [0.2, 0.25) is 0 Å². The number of nitrogens with zero attached hydrogens (tertiary/aromatic N) is 1. The molecule has 0 aliphatic carbocycles. The SMILES string of the molecule is CC(C)CCCN1CCCCC1CNC(C)(C)C. The molecule has 0 radical (unpaired) electrons. The van der Waals surface area contributed by atoms with Crippen molar-refractivity contribution in [1.82, 2.24) is 10.2 Å². The van der Waals surface area contributed by atoms with E-state index in [1.165, 1.54) is 45.2 Å². The number of nitrogens with one attached hydrogen (secondary N) is 1. The molecule has 1 aliphatic rings. The summed E-state index contributed by atoms with van der Waals surface area (Å²) in [6, 6.07) is 0.769. The first-order valence-electron chi connectivity index (χ1n) is 7.87. The average molecular weight is 254 g/mol. The lowest BCUT2D eigenvalue weighted by atomic mass is 9.99. The van der Waals surface area contributed by atoms with Crippen molar-refractivity contribution in [1.29, 1.82) is 0 Å². The predicted octanol–water partition coefficient (Wildman–Crippen LogP) is 3.67. The fourth-order valence-electron chi connectivity index (χ4n) is 2.71. The van der Waals surface area contributed by atoms with Crippen LogP contribution >= 0.6 is 0 Å². The third-order valence-electron chi connectivity index (χ3n) is 3.84. The zero-order valence-electron chi connectivity index (χ0n) is 13.3. The Bertz CT molecular complexity index is 218. The summed E-state index contributed by atoms with van der Waals surface area (Å²) in [6.45, 7) is 15.2. The van der Waals surface area contributed by atoms with Crippen LogP contribution in [0.3, 0.4) is 0 Å². The molecule has 0 saturated carbocycles. The third kappa shape index (κ3) is 6.75. The summed E-state index contributed by atoms with van der Waals surface area (Å²) in [5.74, 6) is 0.848. The van der Waals surface area contributed by atoms with Crippen LogP contribution in [-0.4, -0.2) is 36.1 Å². The number of hydrogen-bond acceptors (Lipinski definition) is 2. The molecule has 0 bridgehead atoms. The van der Waals surface area contributed by atoms with Gasteiger partial charge in [-0.15, -0.1) is 0 Å². The van der Waals surface area contributed by atoms with Crippen LogP contribution in [0.25, 0.3) is 0 Å². The Hall–Kier alpha value is -0.0800. The molecule has 0 aromatic heterocycles. The lowest BCUT2D eigenvalue weighted by Gasteiger charge is -2.37. The first kappa shape index (κ1) is 16.0. The predicted molar refractivity (Wildman–Crippen MR) is 81.0 cm³/mol. The number of rotatable bonds is 6. The first-order chi connectivity index (χ1) is 8.38.